The highest BCUT2D eigenvalue weighted by molar-refractivity contribution is 9.10. The fourth-order valence-electron chi connectivity index (χ4n) is 3.11. The van der Waals surface area contributed by atoms with E-state index in [0.717, 1.165) is 0 Å². The summed E-state index contributed by atoms with van der Waals surface area (Å²) in [5, 5.41) is 4.62. The number of benzene rings is 2. The zero-order chi connectivity index (χ0) is 26.6. The maximum atomic E-state index is 12.8. The summed E-state index contributed by atoms with van der Waals surface area (Å²) in [6.45, 7) is 4.68. The molecule has 6 nitrogen and oxygen atoms in total. The first-order valence-corrected chi connectivity index (χ1v) is 13.2. The van der Waals surface area contributed by atoms with Gasteiger partial charge in [-0.1, -0.05) is 39.1 Å². The molecule has 2 aromatic carbocycles. The van der Waals surface area contributed by atoms with Crippen molar-refractivity contribution in [1.82, 2.24) is 9.78 Å². The van der Waals surface area contributed by atoms with E-state index < -0.39 is 12.2 Å². The molecule has 0 radical (unpaired) electrons. The summed E-state index contributed by atoms with van der Waals surface area (Å²) in [7, 11) is 0. The molecule has 3 aromatic rings. The normalized spacial score (nSPS) is 11.6. The van der Waals surface area contributed by atoms with E-state index in [0.29, 0.717) is 32.2 Å². The fourth-order valence-corrected chi connectivity index (χ4v) is 4.78. The molecule has 0 aliphatic heterocycles. The predicted octanol–water partition coefficient (Wildman–Crippen LogP) is 7.94. The Labute approximate surface area is 230 Å². The van der Waals surface area contributed by atoms with Crippen molar-refractivity contribution in [2.75, 3.05) is 12.4 Å². The van der Waals surface area contributed by atoms with Gasteiger partial charge in [-0.2, -0.15) is 13.9 Å². The number of aromatic nitrogens is 2. The second-order valence-corrected chi connectivity index (χ2v) is 11.4. The van der Waals surface area contributed by atoms with Crippen molar-refractivity contribution in [3.05, 3.63) is 67.0 Å². The summed E-state index contributed by atoms with van der Waals surface area (Å²) in [4.78, 5) is 13.0. The molecule has 12 heteroatoms. The first-order valence-electron chi connectivity index (χ1n) is 10.6. The molecule has 0 saturated carbocycles. The lowest BCUT2D eigenvalue weighted by Gasteiger charge is -2.21. The Morgan fingerprint density at radius 1 is 1.17 bits per heavy atom. The van der Waals surface area contributed by atoms with Gasteiger partial charge in [-0.25, -0.2) is 4.68 Å². The topological polar surface area (TPSA) is 62.6 Å². The molecule has 0 amide bonds. The molecule has 1 aromatic heterocycles. The zero-order valence-corrected chi connectivity index (χ0v) is 23.7. The van der Waals surface area contributed by atoms with Gasteiger partial charge in [0.05, 0.1) is 28.3 Å². The van der Waals surface area contributed by atoms with Gasteiger partial charge < -0.3 is 14.2 Å². The number of nitrogens with zero attached hydrogens (tertiary/aromatic N) is 2. The highest BCUT2D eigenvalue weighted by Gasteiger charge is 2.20. The number of thioether (sulfide) groups is 1. The van der Waals surface area contributed by atoms with E-state index in [1.807, 2.05) is 20.8 Å². The Balaban J connectivity index is 1.66. The minimum absolute atomic E-state index is 0.109. The van der Waals surface area contributed by atoms with Crippen molar-refractivity contribution in [3.63, 3.8) is 0 Å². The summed E-state index contributed by atoms with van der Waals surface area (Å²) >= 11 is 17.2. The number of hydrogen-bond donors (Lipinski definition) is 0. The third-order valence-electron chi connectivity index (χ3n) is 4.66. The Morgan fingerprint density at radius 3 is 2.53 bits per heavy atom. The van der Waals surface area contributed by atoms with Crippen LogP contribution in [0.4, 0.5) is 8.78 Å². The lowest BCUT2D eigenvalue weighted by atomic mass is 10.1. The molecule has 194 valence electrons. The highest BCUT2D eigenvalue weighted by Crippen LogP contribution is 2.39. The zero-order valence-electron chi connectivity index (χ0n) is 19.8. The summed E-state index contributed by atoms with van der Waals surface area (Å²) < 4.78 is 43.6. The van der Waals surface area contributed by atoms with Gasteiger partial charge in [0.2, 0.25) is 0 Å². The van der Waals surface area contributed by atoms with Gasteiger partial charge >= 0.3 is 6.61 Å². The molecule has 0 spiro atoms. The van der Waals surface area contributed by atoms with Crippen LogP contribution in [-0.4, -0.2) is 28.8 Å². The van der Waals surface area contributed by atoms with Crippen molar-refractivity contribution in [1.29, 1.82) is 0 Å². The van der Waals surface area contributed by atoms with E-state index in [4.69, 9.17) is 32.7 Å². The van der Waals surface area contributed by atoms with Gasteiger partial charge in [0.25, 0.3) is 5.56 Å². The van der Waals surface area contributed by atoms with Gasteiger partial charge in [-0.3, -0.25) is 4.79 Å². The average molecular weight is 624 g/mol. The van der Waals surface area contributed by atoms with Crippen LogP contribution in [0.15, 0.2) is 50.7 Å². The third kappa shape index (κ3) is 7.27. The largest absolute Gasteiger partial charge is 0.491 e. The van der Waals surface area contributed by atoms with Crippen LogP contribution in [0, 0.1) is 6.92 Å². The van der Waals surface area contributed by atoms with Gasteiger partial charge in [0.15, 0.2) is 11.5 Å². The van der Waals surface area contributed by atoms with E-state index in [2.05, 4.69) is 25.8 Å². The molecule has 0 aliphatic rings. The lowest BCUT2D eigenvalue weighted by Crippen LogP contribution is -2.36. The van der Waals surface area contributed by atoms with Gasteiger partial charge in [0, 0.05) is 16.3 Å². The van der Waals surface area contributed by atoms with Crippen LogP contribution in [0.3, 0.4) is 0 Å². The molecule has 3 rings (SSSR count). The molecule has 0 saturated heterocycles. The molecule has 1 heterocycles. The SMILES string of the molecule is Cc1cc(Oc2ccc(Br)cc2OC(F)F)cc(Cl)c1OCCSc1cnn(C(C)(C)C)c(=O)c1Cl. The Morgan fingerprint density at radius 2 is 1.89 bits per heavy atom. The maximum absolute atomic E-state index is 12.8. The van der Waals surface area contributed by atoms with E-state index in [1.165, 1.54) is 34.6 Å². The number of rotatable bonds is 9. The smallest absolute Gasteiger partial charge is 0.387 e. The number of alkyl halides is 2. The van der Waals surface area contributed by atoms with Crippen LogP contribution in [0.5, 0.6) is 23.0 Å². The standard InChI is InChI=1S/C24H23BrCl2F2N2O4S/c1-13-9-15(34-17-6-5-14(25)10-18(17)35-23(28)29)11-16(26)21(13)33-7-8-36-19-12-30-31(24(2,3)4)22(32)20(19)27/h5-6,9-12,23H,7-8H2,1-4H3. The monoisotopic (exact) mass is 622 g/mol. The van der Waals surface area contributed by atoms with Crippen LogP contribution in [0.1, 0.15) is 26.3 Å². The van der Waals surface area contributed by atoms with Crippen LogP contribution in [0.25, 0.3) is 0 Å². The van der Waals surface area contributed by atoms with E-state index in [9.17, 15) is 13.6 Å². The van der Waals surface area contributed by atoms with Crippen LogP contribution >= 0.6 is 50.9 Å². The lowest BCUT2D eigenvalue weighted by molar-refractivity contribution is -0.0510. The summed E-state index contributed by atoms with van der Waals surface area (Å²) in [5.74, 6) is 1.27. The van der Waals surface area contributed by atoms with E-state index in [1.54, 1.807) is 25.3 Å². The second-order valence-electron chi connectivity index (χ2n) is 8.53. The van der Waals surface area contributed by atoms with Gasteiger partial charge in [0.1, 0.15) is 16.5 Å². The minimum atomic E-state index is -3.00. The Hall–Kier alpha value is -2.01. The molecule has 0 bridgehead atoms. The van der Waals surface area contributed by atoms with Crippen molar-refractivity contribution >= 4 is 50.9 Å². The van der Waals surface area contributed by atoms with Crippen LogP contribution in [0.2, 0.25) is 10.0 Å². The van der Waals surface area contributed by atoms with Crippen molar-refractivity contribution in [2.45, 2.75) is 44.7 Å². The molecule has 0 aliphatic carbocycles. The molecule has 0 atom stereocenters. The van der Waals surface area contributed by atoms with Gasteiger partial charge in [-0.05, 0) is 57.5 Å². The van der Waals surface area contributed by atoms with Crippen molar-refractivity contribution < 1.29 is 23.0 Å². The summed E-state index contributed by atoms with van der Waals surface area (Å²) in [6, 6.07) is 7.74. The predicted molar refractivity (Wildman–Crippen MR) is 142 cm³/mol. The van der Waals surface area contributed by atoms with E-state index in [-0.39, 0.29) is 33.7 Å². The minimum Gasteiger partial charge on any atom is -0.491 e. The molecular weight excluding hydrogens is 601 g/mol. The molecule has 0 fully saturated rings. The van der Waals surface area contributed by atoms with Gasteiger partial charge in [-0.15, -0.1) is 11.8 Å². The Bertz CT molecular complexity index is 1280. The second kappa shape index (κ2) is 12.0. The molecule has 0 unspecified atom stereocenters. The molecular formula is C24H23BrCl2F2N2O4S. The number of hydrogen-bond acceptors (Lipinski definition) is 6. The highest BCUT2D eigenvalue weighted by atomic mass is 79.9. The maximum Gasteiger partial charge on any atom is 0.387 e. The quantitative estimate of drug-likeness (QED) is 0.178. The summed E-state index contributed by atoms with van der Waals surface area (Å²) in [6.07, 6.45) is 1.57. The molecule has 0 N–H and O–H groups in total. The number of halogens is 5. The molecule has 36 heavy (non-hydrogen) atoms. The first kappa shape index (κ1) is 28.6. The van der Waals surface area contributed by atoms with E-state index >= 15 is 0 Å². The number of aryl methyl sites for hydroxylation is 1. The van der Waals surface area contributed by atoms with Crippen molar-refractivity contribution in [3.8, 4) is 23.0 Å². The third-order valence-corrected chi connectivity index (χ3v) is 6.90. The Kier molecular flexibility index (Phi) is 9.54. The average Bonchev–Trinajstić information content (AvgIpc) is 2.76. The van der Waals surface area contributed by atoms with Crippen LogP contribution < -0.4 is 19.8 Å². The fraction of sp³-hybridized carbons (Fsp3) is 0.333. The van der Waals surface area contributed by atoms with Crippen molar-refractivity contribution in [2.24, 2.45) is 0 Å². The first-order chi connectivity index (χ1) is 16.9. The van der Waals surface area contributed by atoms with Crippen LogP contribution in [-0.2, 0) is 5.54 Å². The number of ether oxygens (including phenoxy) is 3. The summed E-state index contributed by atoms with van der Waals surface area (Å²) in [5.41, 5.74) is -0.146.